The average Bonchev–Trinajstić information content (AvgIpc) is 3.13. The highest BCUT2D eigenvalue weighted by Gasteiger charge is 2.17. The fourth-order valence-electron chi connectivity index (χ4n) is 1.91. The van der Waals surface area contributed by atoms with Crippen molar-refractivity contribution in [2.75, 3.05) is 0 Å². The number of halogens is 3. The number of H-pyrrole nitrogens is 1. The summed E-state index contributed by atoms with van der Waals surface area (Å²) in [5, 5.41) is 28.4. The number of tetrazole rings is 1. The second-order valence-corrected chi connectivity index (χ2v) is 14.4. The lowest BCUT2D eigenvalue weighted by Gasteiger charge is -2.01. The van der Waals surface area contributed by atoms with Crippen molar-refractivity contribution >= 4 is 36.3 Å². The molecule has 3 rings (SSSR count). The first-order chi connectivity index (χ1) is 15.6. The van der Waals surface area contributed by atoms with E-state index in [2.05, 4.69) is 36.6 Å². The quantitative estimate of drug-likeness (QED) is 0.218. The molecule has 0 aliphatic rings. The van der Waals surface area contributed by atoms with Crippen molar-refractivity contribution < 1.29 is 23.4 Å². The molecule has 0 aliphatic carbocycles. The number of nitro groups is 2. The zero-order valence-electron chi connectivity index (χ0n) is 18.3. The zero-order valence-corrected chi connectivity index (χ0v) is 20.0. The van der Waals surface area contributed by atoms with Crippen molar-refractivity contribution in [3.63, 3.8) is 0 Å². The fourth-order valence-corrected chi connectivity index (χ4v) is 2.03. The molecule has 1 heterocycles. The number of carbonyl (C=O) groups excluding carboxylic acids is 1. The fraction of sp³-hybridized carbons (Fsp3) is 0.263. The topological polar surface area (TPSA) is 167 Å². The molecule has 190 valence electrons. The minimum atomic E-state index is -0.994. The Morgan fingerprint density at radius 2 is 1.46 bits per heavy atom. The van der Waals surface area contributed by atoms with Crippen LogP contribution in [0.25, 0.3) is 5.69 Å². The van der Waals surface area contributed by atoms with Crippen molar-refractivity contribution in [1.29, 1.82) is 0 Å². The average molecular weight is 533 g/mol. The van der Waals surface area contributed by atoms with Gasteiger partial charge in [0.25, 0.3) is 5.24 Å². The van der Waals surface area contributed by atoms with E-state index in [1.54, 1.807) is 0 Å². The van der Waals surface area contributed by atoms with Crippen LogP contribution < -0.4 is 5.69 Å². The molecule has 16 heteroatoms. The molecule has 35 heavy (non-hydrogen) atoms. The molecule has 0 saturated carbocycles. The highest BCUT2D eigenvalue weighted by Crippen LogP contribution is 2.20. The Bertz CT molecular complexity index is 1260. The van der Waals surface area contributed by atoms with Gasteiger partial charge in [-0.15, -0.1) is 0 Å². The molecule has 1 aromatic heterocycles. The standard InChI is InChI=1S/C7H3ClFNO3.C7H4FN5O3.C4H12Si.CH4/c8-7(11)4-1-2-5(9)6(3-4)10(12)13;8-5-2-1-4(3-6(5)13(15)16)12-7(14)9-10-11-12;1-5(2,3)4;/h1-3H;1-3H,(H,9,11,14);1-4H3;1H4. The van der Waals surface area contributed by atoms with Gasteiger partial charge in [-0.25, -0.2) is 9.89 Å². The normalized spacial score (nSPS) is 10.0. The van der Waals surface area contributed by atoms with Crippen LogP contribution in [-0.2, 0) is 0 Å². The van der Waals surface area contributed by atoms with E-state index in [-0.39, 0.29) is 18.7 Å². The summed E-state index contributed by atoms with van der Waals surface area (Å²) in [7, 11) is -0.611. The number of nitrogens with zero attached hydrogens (tertiary/aromatic N) is 5. The van der Waals surface area contributed by atoms with E-state index in [9.17, 15) is 38.6 Å². The first-order valence-corrected chi connectivity index (χ1v) is 13.6. The van der Waals surface area contributed by atoms with Gasteiger partial charge in [0.15, 0.2) is 0 Å². The summed E-state index contributed by atoms with van der Waals surface area (Å²) >= 11 is 5.05. The molecule has 12 nitrogen and oxygen atoms in total. The molecule has 0 fully saturated rings. The van der Waals surface area contributed by atoms with Crippen LogP contribution in [-0.4, -0.2) is 43.4 Å². The molecule has 3 aromatic rings. The van der Waals surface area contributed by atoms with E-state index in [1.165, 1.54) is 6.07 Å². The van der Waals surface area contributed by atoms with E-state index in [0.717, 1.165) is 35.0 Å². The molecule has 0 aliphatic heterocycles. The molecule has 0 unspecified atom stereocenters. The Kier molecular flexibility index (Phi) is 11.7. The lowest BCUT2D eigenvalue weighted by molar-refractivity contribution is -0.387. The maximum Gasteiger partial charge on any atom is 0.365 e. The second-order valence-electron chi connectivity index (χ2n) is 8.01. The van der Waals surface area contributed by atoms with E-state index >= 15 is 0 Å². The van der Waals surface area contributed by atoms with Crippen LogP contribution in [0, 0.1) is 31.9 Å². The van der Waals surface area contributed by atoms with Crippen LogP contribution >= 0.6 is 11.6 Å². The molecule has 0 amide bonds. The van der Waals surface area contributed by atoms with Crippen LogP contribution in [0.3, 0.4) is 0 Å². The van der Waals surface area contributed by atoms with E-state index in [0.29, 0.717) is 0 Å². The third-order valence-electron chi connectivity index (χ3n) is 3.21. The smallest absolute Gasteiger partial charge is 0.276 e. The number of carbonyl (C=O) groups is 1. The Morgan fingerprint density at radius 1 is 1.00 bits per heavy atom. The third kappa shape index (κ3) is 10.3. The number of rotatable bonds is 4. The van der Waals surface area contributed by atoms with Gasteiger partial charge in [-0.3, -0.25) is 25.0 Å². The first-order valence-electron chi connectivity index (χ1n) is 9.20. The van der Waals surface area contributed by atoms with E-state index < -0.39 is 51.9 Å². The number of aromatic nitrogens is 4. The monoisotopic (exact) mass is 532 g/mol. The summed E-state index contributed by atoms with van der Waals surface area (Å²) in [6, 6.07) is 5.68. The Balaban J connectivity index is 0.000000550. The molecule has 0 bridgehead atoms. The molecule has 0 spiro atoms. The van der Waals surface area contributed by atoms with Crippen molar-refractivity contribution in [1.82, 2.24) is 20.2 Å². The predicted octanol–water partition coefficient (Wildman–Crippen LogP) is 4.71. The summed E-state index contributed by atoms with van der Waals surface area (Å²) < 4.78 is 26.5. The first kappa shape index (κ1) is 31.1. The number of benzene rings is 2. The van der Waals surface area contributed by atoms with Gasteiger partial charge in [0, 0.05) is 25.8 Å². The molecule has 1 N–H and O–H groups in total. The molecule has 0 atom stereocenters. The Hall–Kier alpha value is -3.85. The largest absolute Gasteiger partial charge is 0.365 e. The third-order valence-corrected chi connectivity index (χ3v) is 3.43. The van der Waals surface area contributed by atoms with Gasteiger partial charge in [-0.2, -0.15) is 13.5 Å². The number of nitrogens with one attached hydrogen (secondary N) is 1. The molecule has 2 aromatic carbocycles. The SMILES string of the molecule is C.C[Si](C)(C)C.O=C(Cl)c1ccc(F)c([N+](=O)[O-])c1.O=c1[nH]nnn1-c1ccc(F)c([N+](=O)[O-])c1. The van der Waals surface area contributed by atoms with Crippen LogP contribution in [0.15, 0.2) is 41.2 Å². The van der Waals surface area contributed by atoms with Gasteiger partial charge < -0.3 is 0 Å². The Morgan fingerprint density at radius 3 is 1.86 bits per heavy atom. The minimum absolute atomic E-state index is 0. The number of aromatic amines is 1. The van der Waals surface area contributed by atoms with Crippen molar-refractivity contribution in [2.24, 2.45) is 0 Å². The molecule has 0 radical (unpaired) electrons. The van der Waals surface area contributed by atoms with Crippen LogP contribution in [0.4, 0.5) is 20.2 Å². The zero-order chi connectivity index (χ0) is 26.2. The van der Waals surface area contributed by atoms with Gasteiger partial charge in [0.2, 0.25) is 11.6 Å². The molecule has 0 saturated heterocycles. The van der Waals surface area contributed by atoms with Gasteiger partial charge in [-0.1, -0.05) is 33.6 Å². The van der Waals surface area contributed by atoms with Crippen molar-refractivity contribution in [2.45, 2.75) is 33.6 Å². The maximum atomic E-state index is 13.0. The Labute approximate surface area is 203 Å². The van der Waals surface area contributed by atoms with Crippen LogP contribution in [0.1, 0.15) is 17.8 Å². The van der Waals surface area contributed by atoms with Gasteiger partial charge in [0.1, 0.15) is 0 Å². The summed E-state index contributed by atoms with van der Waals surface area (Å²) in [4.78, 5) is 40.5. The second kappa shape index (κ2) is 13.1. The van der Waals surface area contributed by atoms with Crippen LogP contribution in [0.2, 0.25) is 26.2 Å². The van der Waals surface area contributed by atoms with Crippen molar-refractivity contribution in [3.05, 3.63) is 84.3 Å². The molecular formula is C19H23ClF2N6O6Si. The van der Waals surface area contributed by atoms with Gasteiger partial charge in [-0.05, 0) is 46.3 Å². The number of hydrogen-bond donors (Lipinski definition) is 1. The summed E-state index contributed by atoms with van der Waals surface area (Å²) in [5.41, 5.74) is -2.19. The lowest BCUT2D eigenvalue weighted by Crippen LogP contribution is -2.16. The van der Waals surface area contributed by atoms with E-state index in [1.807, 2.05) is 5.10 Å². The number of hydrogen-bond acceptors (Lipinski definition) is 8. The van der Waals surface area contributed by atoms with Crippen molar-refractivity contribution in [3.8, 4) is 5.69 Å². The highest BCUT2D eigenvalue weighted by atomic mass is 35.5. The highest BCUT2D eigenvalue weighted by molar-refractivity contribution is 6.74. The summed E-state index contributed by atoms with van der Waals surface area (Å²) in [6.45, 7) is 9.31. The summed E-state index contributed by atoms with van der Waals surface area (Å²) in [6.07, 6.45) is 0. The van der Waals surface area contributed by atoms with E-state index in [4.69, 9.17) is 11.6 Å². The minimum Gasteiger partial charge on any atom is -0.276 e. The molecular weight excluding hydrogens is 510 g/mol. The lowest BCUT2D eigenvalue weighted by atomic mass is 10.2. The van der Waals surface area contributed by atoms with Gasteiger partial charge in [0.05, 0.1) is 15.5 Å². The van der Waals surface area contributed by atoms with Gasteiger partial charge >= 0.3 is 17.1 Å². The van der Waals surface area contributed by atoms with Crippen LogP contribution in [0.5, 0.6) is 0 Å². The number of nitro benzene ring substituents is 2. The maximum absolute atomic E-state index is 13.0. The summed E-state index contributed by atoms with van der Waals surface area (Å²) in [5.74, 6) is -1.98. The predicted molar refractivity (Wildman–Crippen MR) is 128 cm³/mol.